The number of nitrogens with zero attached hydrogens (tertiary/aromatic N) is 2. The maximum Gasteiger partial charge on any atom is 0.358 e. The molecule has 4 nitrogen and oxygen atoms in total. The lowest BCUT2D eigenvalue weighted by molar-refractivity contribution is 0.0371. The second-order valence-corrected chi connectivity index (χ2v) is 4.61. The highest BCUT2D eigenvalue weighted by Crippen LogP contribution is 2.13. The van der Waals surface area contributed by atoms with Gasteiger partial charge in [0, 0.05) is 16.9 Å². The molecule has 0 amide bonds. The third-order valence-corrected chi connectivity index (χ3v) is 2.47. The van der Waals surface area contributed by atoms with Gasteiger partial charge in [0.2, 0.25) is 0 Å². The Morgan fingerprint density at radius 2 is 2.31 bits per heavy atom. The number of pyridine rings is 1. The highest BCUT2D eigenvalue weighted by Gasteiger charge is 2.13. The molecule has 84 valence electrons. The number of ether oxygens (including phenoxy) is 1. The molecule has 2 heterocycles. The van der Waals surface area contributed by atoms with Gasteiger partial charge in [-0.05, 0) is 26.0 Å². The molecule has 0 aliphatic rings. The first-order chi connectivity index (χ1) is 7.56. The standard InChI is InChI=1S/C11H11BrN2O2/c1-7(2)16-11(15)9-6-14-4-3-8(12)5-10(14)13-9/h3-7H,1-2H3. The Hall–Kier alpha value is -1.36. The van der Waals surface area contributed by atoms with Gasteiger partial charge in [0.25, 0.3) is 0 Å². The first-order valence-corrected chi connectivity index (χ1v) is 5.71. The molecule has 0 radical (unpaired) electrons. The third-order valence-electron chi connectivity index (χ3n) is 1.97. The van der Waals surface area contributed by atoms with Crippen LogP contribution in [0, 0.1) is 0 Å². The molecule has 0 aliphatic carbocycles. The highest BCUT2D eigenvalue weighted by atomic mass is 79.9. The SMILES string of the molecule is CC(C)OC(=O)c1cn2ccc(Br)cc2n1. The molecule has 0 unspecified atom stereocenters. The molecule has 0 fully saturated rings. The minimum atomic E-state index is -0.394. The molecule has 5 heteroatoms. The third kappa shape index (κ3) is 2.24. The summed E-state index contributed by atoms with van der Waals surface area (Å²) in [5, 5.41) is 0. The maximum atomic E-state index is 11.6. The molecule has 0 aliphatic heterocycles. The summed E-state index contributed by atoms with van der Waals surface area (Å²) in [5.41, 5.74) is 1.04. The van der Waals surface area contributed by atoms with Crippen molar-refractivity contribution in [1.29, 1.82) is 0 Å². The van der Waals surface area contributed by atoms with Gasteiger partial charge in [-0.2, -0.15) is 0 Å². The van der Waals surface area contributed by atoms with E-state index in [-0.39, 0.29) is 6.10 Å². The van der Waals surface area contributed by atoms with Crippen molar-refractivity contribution in [1.82, 2.24) is 9.38 Å². The molecule has 0 aromatic carbocycles. The molecule has 0 atom stereocenters. The fourth-order valence-corrected chi connectivity index (χ4v) is 1.65. The summed E-state index contributed by atoms with van der Waals surface area (Å²) in [5.74, 6) is -0.394. The predicted octanol–water partition coefficient (Wildman–Crippen LogP) is 2.66. The van der Waals surface area contributed by atoms with Crippen molar-refractivity contribution in [2.45, 2.75) is 20.0 Å². The normalized spacial score (nSPS) is 11.0. The van der Waals surface area contributed by atoms with Gasteiger partial charge in [-0.3, -0.25) is 0 Å². The summed E-state index contributed by atoms with van der Waals surface area (Å²) in [6.45, 7) is 3.62. The van der Waals surface area contributed by atoms with Crippen LogP contribution in [0.4, 0.5) is 0 Å². The van der Waals surface area contributed by atoms with Crippen LogP contribution in [0.15, 0.2) is 29.0 Å². The Bertz CT molecular complexity index is 534. The number of halogens is 1. The van der Waals surface area contributed by atoms with Crippen molar-refractivity contribution in [2.75, 3.05) is 0 Å². The quantitative estimate of drug-likeness (QED) is 0.796. The minimum absolute atomic E-state index is 0.135. The smallest absolute Gasteiger partial charge is 0.358 e. The van der Waals surface area contributed by atoms with Gasteiger partial charge in [0.1, 0.15) is 5.65 Å². The number of carbonyl (C=O) groups is 1. The largest absolute Gasteiger partial charge is 0.458 e. The molecular formula is C11H11BrN2O2. The number of hydrogen-bond donors (Lipinski definition) is 0. The summed E-state index contributed by atoms with van der Waals surface area (Å²) < 4.78 is 7.77. The summed E-state index contributed by atoms with van der Waals surface area (Å²) in [6.07, 6.45) is 3.36. The number of carbonyl (C=O) groups excluding carboxylic acids is 1. The lowest BCUT2D eigenvalue weighted by Crippen LogP contribution is -2.11. The van der Waals surface area contributed by atoms with E-state index in [2.05, 4.69) is 20.9 Å². The predicted molar refractivity (Wildman–Crippen MR) is 63.4 cm³/mol. The Labute approximate surface area is 101 Å². The summed E-state index contributed by atoms with van der Waals surface area (Å²) >= 11 is 3.35. The van der Waals surface area contributed by atoms with Gasteiger partial charge in [-0.15, -0.1) is 0 Å². The van der Waals surface area contributed by atoms with Crippen molar-refractivity contribution < 1.29 is 9.53 Å². The van der Waals surface area contributed by atoms with E-state index in [1.807, 2.05) is 32.2 Å². The zero-order chi connectivity index (χ0) is 11.7. The molecule has 2 rings (SSSR count). The van der Waals surface area contributed by atoms with E-state index in [9.17, 15) is 4.79 Å². The second-order valence-electron chi connectivity index (χ2n) is 3.69. The van der Waals surface area contributed by atoms with E-state index in [1.54, 1.807) is 10.6 Å². The molecule has 16 heavy (non-hydrogen) atoms. The Morgan fingerprint density at radius 1 is 1.56 bits per heavy atom. The second kappa shape index (κ2) is 4.25. The minimum Gasteiger partial charge on any atom is -0.458 e. The van der Waals surface area contributed by atoms with Crippen LogP contribution in [-0.2, 0) is 4.74 Å². The lowest BCUT2D eigenvalue weighted by atomic mass is 10.4. The van der Waals surface area contributed by atoms with Gasteiger partial charge in [-0.25, -0.2) is 9.78 Å². The van der Waals surface area contributed by atoms with Gasteiger partial charge < -0.3 is 9.14 Å². The van der Waals surface area contributed by atoms with Crippen molar-refractivity contribution >= 4 is 27.5 Å². The van der Waals surface area contributed by atoms with Crippen LogP contribution in [0.5, 0.6) is 0 Å². The first-order valence-electron chi connectivity index (χ1n) is 4.91. The van der Waals surface area contributed by atoms with Crippen molar-refractivity contribution in [3.8, 4) is 0 Å². The number of imidazole rings is 1. The van der Waals surface area contributed by atoms with Crippen LogP contribution < -0.4 is 0 Å². The lowest BCUT2D eigenvalue weighted by Gasteiger charge is -2.04. The molecule has 2 aromatic rings. The van der Waals surface area contributed by atoms with Crippen LogP contribution in [0.1, 0.15) is 24.3 Å². The number of esters is 1. The fourth-order valence-electron chi connectivity index (χ4n) is 1.33. The van der Waals surface area contributed by atoms with Gasteiger partial charge in [0.15, 0.2) is 5.69 Å². The van der Waals surface area contributed by atoms with Crippen LogP contribution in [0.2, 0.25) is 0 Å². The molecule has 2 aromatic heterocycles. The van der Waals surface area contributed by atoms with E-state index < -0.39 is 5.97 Å². The average Bonchev–Trinajstić information content (AvgIpc) is 2.59. The van der Waals surface area contributed by atoms with E-state index in [1.165, 1.54) is 0 Å². The van der Waals surface area contributed by atoms with Gasteiger partial charge >= 0.3 is 5.97 Å². The zero-order valence-corrected chi connectivity index (χ0v) is 10.6. The fraction of sp³-hybridized carbons (Fsp3) is 0.273. The molecular weight excluding hydrogens is 272 g/mol. The molecule has 0 saturated heterocycles. The average molecular weight is 283 g/mol. The molecule has 0 bridgehead atoms. The number of rotatable bonds is 2. The Balaban J connectivity index is 2.36. The van der Waals surface area contributed by atoms with Crippen molar-refractivity contribution in [3.63, 3.8) is 0 Å². The number of hydrogen-bond acceptors (Lipinski definition) is 3. The topological polar surface area (TPSA) is 43.6 Å². The zero-order valence-electron chi connectivity index (χ0n) is 8.98. The van der Waals surface area contributed by atoms with Crippen LogP contribution in [0.25, 0.3) is 5.65 Å². The molecule has 0 N–H and O–H groups in total. The molecule has 0 spiro atoms. The number of fused-ring (bicyclic) bond motifs is 1. The molecule has 0 saturated carbocycles. The van der Waals surface area contributed by atoms with E-state index >= 15 is 0 Å². The van der Waals surface area contributed by atoms with E-state index in [0.29, 0.717) is 11.3 Å². The van der Waals surface area contributed by atoms with Crippen molar-refractivity contribution in [2.24, 2.45) is 0 Å². The number of aromatic nitrogens is 2. The van der Waals surface area contributed by atoms with Crippen LogP contribution in [-0.4, -0.2) is 21.5 Å². The van der Waals surface area contributed by atoms with E-state index in [4.69, 9.17) is 4.74 Å². The van der Waals surface area contributed by atoms with Crippen molar-refractivity contribution in [3.05, 3.63) is 34.7 Å². The Kier molecular flexibility index (Phi) is 2.96. The van der Waals surface area contributed by atoms with Gasteiger partial charge in [0.05, 0.1) is 6.10 Å². The maximum absolute atomic E-state index is 11.6. The first kappa shape index (κ1) is 11.1. The van der Waals surface area contributed by atoms with Gasteiger partial charge in [-0.1, -0.05) is 15.9 Å². The Morgan fingerprint density at radius 3 is 3.00 bits per heavy atom. The van der Waals surface area contributed by atoms with Crippen LogP contribution in [0.3, 0.4) is 0 Å². The summed E-state index contributed by atoms with van der Waals surface area (Å²) in [7, 11) is 0. The summed E-state index contributed by atoms with van der Waals surface area (Å²) in [6, 6.07) is 3.72. The van der Waals surface area contributed by atoms with Crippen LogP contribution >= 0.6 is 15.9 Å². The highest BCUT2D eigenvalue weighted by molar-refractivity contribution is 9.10. The van der Waals surface area contributed by atoms with E-state index in [0.717, 1.165) is 4.47 Å². The summed E-state index contributed by atoms with van der Waals surface area (Å²) in [4.78, 5) is 15.8. The monoisotopic (exact) mass is 282 g/mol.